The fraction of sp³-hybridized carbons (Fsp3) is 0.526. The zero-order valence-corrected chi connectivity index (χ0v) is 17.8. The van der Waals surface area contributed by atoms with Gasteiger partial charge >= 0.3 is 0 Å². The summed E-state index contributed by atoms with van der Waals surface area (Å²) >= 11 is 0. The summed E-state index contributed by atoms with van der Waals surface area (Å²) in [6.45, 7) is 6.89. The molecule has 2 heterocycles. The third-order valence-electron chi connectivity index (χ3n) is 4.76. The summed E-state index contributed by atoms with van der Waals surface area (Å²) in [5.74, 6) is 1.32. The monoisotopic (exact) mass is 473 g/mol. The molecule has 3 rings (SSSR count). The molecule has 1 aliphatic rings. The Morgan fingerprint density at radius 3 is 2.96 bits per heavy atom. The van der Waals surface area contributed by atoms with Crippen LogP contribution in [0, 0.1) is 11.7 Å². The van der Waals surface area contributed by atoms with Crippen LogP contribution in [-0.4, -0.2) is 55.6 Å². The predicted octanol–water partition coefficient (Wildman–Crippen LogP) is 2.97. The molecule has 0 radical (unpaired) electrons. The Balaban J connectivity index is 0.00000243. The summed E-state index contributed by atoms with van der Waals surface area (Å²) < 4.78 is 13.3. The number of rotatable bonds is 6. The Bertz CT molecular complexity index is 730. The second-order valence-electron chi connectivity index (χ2n) is 6.82. The maximum absolute atomic E-state index is 13.3. The molecule has 0 aliphatic carbocycles. The van der Waals surface area contributed by atoms with E-state index in [9.17, 15) is 4.39 Å². The Morgan fingerprint density at radius 2 is 2.23 bits per heavy atom. The number of H-pyrrole nitrogens is 1. The summed E-state index contributed by atoms with van der Waals surface area (Å²) in [5.41, 5.74) is 2.04. The maximum Gasteiger partial charge on any atom is 0.191 e. The Morgan fingerprint density at radius 1 is 1.38 bits per heavy atom. The van der Waals surface area contributed by atoms with Crippen molar-refractivity contribution >= 4 is 40.8 Å². The van der Waals surface area contributed by atoms with Gasteiger partial charge in [0.05, 0.1) is 0 Å². The van der Waals surface area contributed by atoms with Gasteiger partial charge in [-0.05, 0) is 63.0 Å². The molecule has 0 saturated carbocycles. The van der Waals surface area contributed by atoms with E-state index in [4.69, 9.17) is 4.99 Å². The fourth-order valence-corrected chi connectivity index (χ4v) is 3.42. The van der Waals surface area contributed by atoms with Crippen molar-refractivity contribution in [1.29, 1.82) is 0 Å². The molecule has 26 heavy (non-hydrogen) atoms. The van der Waals surface area contributed by atoms with Gasteiger partial charge in [-0.3, -0.25) is 4.99 Å². The van der Waals surface area contributed by atoms with Crippen molar-refractivity contribution in [3.8, 4) is 0 Å². The molecule has 1 atom stereocenters. The summed E-state index contributed by atoms with van der Waals surface area (Å²) in [6, 6.07) is 4.89. The molecule has 0 bridgehead atoms. The molecule has 1 aromatic carbocycles. The highest BCUT2D eigenvalue weighted by Gasteiger charge is 2.18. The number of hydrogen-bond donors (Lipinski definition) is 3. The second-order valence-corrected chi connectivity index (χ2v) is 6.82. The standard InChI is InChI=1S/C19H28FN5.HI/c1-3-21-19(24-11-14-7-9-25(2)13-14)22-8-6-15-12-23-18-10-16(20)4-5-17(15)18;/h4-5,10,12,14,23H,3,6-9,11,13H2,1-2H3,(H2,21,22,24);1H. The van der Waals surface area contributed by atoms with Gasteiger partial charge < -0.3 is 20.5 Å². The highest BCUT2D eigenvalue weighted by molar-refractivity contribution is 14.0. The predicted molar refractivity (Wildman–Crippen MR) is 117 cm³/mol. The van der Waals surface area contributed by atoms with Gasteiger partial charge in [0.2, 0.25) is 0 Å². The van der Waals surface area contributed by atoms with Crippen LogP contribution in [-0.2, 0) is 6.42 Å². The van der Waals surface area contributed by atoms with Gasteiger partial charge in [-0.2, -0.15) is 0 Å². The summed E-state index contributed by atoms with van der Waals surface area (Å²) in [5, 5.41) is 7.80. The number of halogens is 2. The molecule has 1 aliphatic heterocycles. The van der Waals surface area contributed by atoms with Crippen molar-refractivity contribution in [2.45, 2.75) is 19.8 Å². The van der Waals surface area contributed by atoms with Crippen LogP contribution in [0.1, 0.15) is 18.9 Å². The minimum atomic E-state index is -0.210. The maximum atomic E-state index is 13.3. The smallest absolute Gasteiger partial charge is 0.191 e. The first kappa shape index (κ1) is 21.0. The minimum absolute atomic E-state index is 0. The van der Waals surface area contributed by atoms with Crippen LogP contribution in [0.4, 0.5) is 4.39 Å². The van der Waals surface area contributed by atoms with Crippen LogP contribution in [0.2, 0.25) is 0 Å². The van der Waals surface area contributed by atoms with Gasteiger partial charge in [0.1, 0.15) is 5.82 Å². The highest BCUT2D eigenvalue weighted by Crippen LogP contribution is 2.19. The normalized spacial score (nSPS) is 18.1. The van der Waals surface area contributed by atoms with Crippen molar-refractivity contribution in [3.63, 3.8) is 0 Å². The number of aromatic nitrogens is 1. The molecule has 144 valence electrons. The lowest BCUT2D eigenvalue weighted by Crippen LogP contribution is -2.38. The molecule has 1 unspecified atom stereocenters. The second kappa shape index (κ2) is 10.1. The van der Waals surface area contributed by atoms with Gasteiger partial charge in [-0.1, -0.05) is 0 Å². The molecule has 0 spiro atoms. The molecule has 1 aromatic heterocycles. The van der Waals surface area contributed by atoms with Crippen molar-refractivity contribution in [2.24, 2.45) is 10.9 Å². The molecule has 1 fully saturated rings. The van der Waals surface area contributed by atoms with E-state index in [1.165, 1.54) is 30.7 Å². The molecule has 2 aromatic rings. The largest absolute Gasteiger partial charge is 0.361 e. The van der Waals surface area contributed by atoms with Crippen LogP contribution < -0.4 is 10.6 Å². The van der Waals surface area contributed by atoms with E-state index in [1.54, 1.807) is 0 Å². The van der Waals surface area contributed by atoms with Crippen LogP contribution in [0.3, 0.4) is 0 Å². The molecule has 0 amide bonds. The summed E-state index contributed by atoms with van der Waals surface area (Å²) in [4.78, 5) is 10.2. The average molecular weight is 473 g/mol. The SMILES string of the molecule is CCNC(=NCC1CCN(C)C1)NCCc1c[nH]c2cc(F)ccc12.I. The van der Waals surface area contributed by atoms with Crippen molar-refractivity contribution < 1.29 is 4.39 Å². The zero-order chi connectivity index (χ0) is 17.6. The van der Waals surface area contributed by atoms with E-state index in [-0.39, 0.29) is 29.8 Å². The number of nitrogens with one attached hydrogen (secondary N) is 3. The van der Waals surface area contributed by atoms with E-state index in [1.807, 2.05) is 12.3 Å². The minimum Gasteiger partial charge on any atom is -0.361 e. The third-order valence-corrected chi connectivity index (χ3v) is 4.76. The molecular formula is C19H29FIN5. The van der Waals surface area contributed by atoms with E-state index in [0.717, 1.165) is 49.5 Å². The third kappa shape index (κ3) is 5.57. The van der Waals surface area contributed by atoms with Gasteiger partial charge in [0, 0.05) is 43.3 Å². The van der Waals surface area contributed by atoms with Crippen LogP contribution in [0.25, 0.3) is 10.9 Å². The lowest BCUT2D eigenvalue weighted by molar-refractivity contribution is 0.397. The van der Waals surface area contributed by atoms with Crippen LogP contribution in [0.15, 0.2) is 29.4 Å². The van der Waals surface area contributed by atoms with Gasteiger partial charge in [0.25, 0.3) is 0 Å². The van der Waals surface area contributed by atoms with Crippen LogP contribution in [0.5, 0.6) is 0 Å². The number of guanidine groups is 1. The number of hydrogen-bond acceptors (Lipinski definition) is 2. The first-order valence-electron chi connectivity index (χ1n) is 9.12. The Kier molecular flexibility index (Phi) is 8.15. The molecule has 5 nitrogen and oxygen atoms in total. The van der Waals surface area contributed by atoms with Gasteiger partial charge in [0.15, 0.2) is 5.96 Å². The molecule has 1 saturated heterocycles. The number of nitrogens with zero attached hydrogens (tertiary/aromatic N) is 2. The first-order chi connectivity index (χ1) is 12.2. The summed E-state index contributed by atoms with van der Waals surface area (Å²) in [6.07, 6.45) is 4.05. The highest BCUT2D eigenvalue weighted by atomic mass is 127. The molecule has 7 heteroatoms. The van der Waals surface area contributed by atoms with Gasteiger partial charge in [-0.15, -0.1) is 24.0 Å². The first-order valence-corrected chi connectivity index (χ1v) is 9.12. The van der Waals surface area contributed by atoms with Crippen molar-refractivity contribution in [3.05, 3.63) is 35.8 Å². The number of likely N-dealkylation sites (tertiary alicyclic amines) is 1. The quantitative estimate of drug-likeness (QED) is 0.344. The lowest BCUT2D eigenvalue weighted by Gasteiger charge is -2.13. The fourth-order valence-electron chi connectivity index (χ4n) is 3.42. The van der Waals surface area contributed by atoms with Crippen molar-refractivity contribution in [2.75, 3.05) is 39.8 Å². The van der Waals surface area contributed by atoms with Crippen LogP contribution >= 0.6 is 24.0 Å². The van der Waals surface area contributed by atoms with E-state index < -0.39 is 0 Å². The van der Waals surface area contributed by atoms with E-state index in [2.05, 4.69) is 34.5 Å². The number of fused-ring (bicyclic) bond motifs is 1. The number of aliphatic imine (C=N–C) groups is 1. The average Bonchev–Trinajstić information content (AvgIpc) is 3.18. The lowest BCUT2D eigenvalue weighted by atomic mass is 10.1. The Hall–Kier alpha value is -1.35. The van der Waals surface area contributed by atoms with E-state index in [0.29, 0.717) is 5.92 Å². The topological polar surface area (TPSA) is 55.5 Å². The molecular weight excluding hydrogens is 444 g/mol. The number of benzene rings is 1. The number of aromatic amines is 1. The zero-order valence-electron chi connectivity index (χ0n) is 15.5. The van der Waals surface area contributed by atoms with Crippen molar-refractivity contribution in [1.82, 2.24) is 20.5 Å². The van der Waals surface area contributed by atoms with Gasteiger partial charge in [-0.25, -0.2) is 4.39 Å². The molecule has 3 N–H and O–H groups in total. The van der Waals surface area contributed by atoms with E-state index >= 15 is 0 Å². The summed E-state index contributed by atoms with van der Waals surface area (Å²) in [7, 11) is 2.17. The Labute approximate surface area is 171 Å².